The van der Waals surface area contributed by atoms with Crippen molar-refractivity contribution in [2.75, 3.05) is 26.2 Å². The number of ketones is 1. The maximum Gasteiger partial charge on any atom is 0.272 e. The number of amides is 2. The van der Waals surface area contributed by atoms with E-state index in [4.69, 9.17) is 5.26 Å². The Labute approximate surface area is 261 Å². The highest BCUT2D eigenvalue weighted by Gasteiger charge is 2.29. The van der Waals surface area contributed by atoms with Gasteiger partial charge in [-0.3, -0.25) is 24.3 Å². The van der Waals surface area contributed by atoms with Gasteiger partial charge in [0, 0.05) is 56.4 Å². The second kappa shape index (κ2) is 13.6. The highest BCUT2D eigenvalue weighted by molar-refractivity contribution is 5.99. The molecule has 0 atom stereocenters. The van der Waals surface area contributed by atoms with Crippen LogP contribution in [0.15, 0.2) is 79.5 Å². The molecule has 0 spiro atoms. The van der Waals surface area contributed by atoms with Gasteiger partial charge in [0.2, 0.25) is 0 Å². The molecular formula is C34H34N8O3. The lowest BCUT2D eigenvalue weighted by Gasteiger charge is -2.32. The Morgan fingerprint density at radius 1 is 0.867 bits per heavy atom. The third kappa shape index (κ3) is 7.13. The van der Waals surface area contributed by atoms with Crippen molar-refractivity contribution in [3.63, 3.8) is 0 Å². The largest absolute Gasteiger partial charge is 0.349 e. The van der Waals surface area contributed by atoms with E-state index in [1.807, 2.05) is 36.4 Å². The van der Waals surface area contributed by atoms with Gasteiger partial charge in [0.05, 0.1) is 22.9 Å². The van der Waals surface area contributed by atoms with E-state index < -0.39 is 0 Å². The Morgan fingerprint density at radius 2 is 1.58 bits per heavy atom. The number of Topliss-reactive ketones (excluding diaryl/α,β-unsaturated/α-hetero) is 1. The zero-order chi connectivity index (χ0) is 31.2. The molecule has 1 N–H and O–H groups in total. The number of nitrogens with one attached hydrogen (secondary N) is 1. The van der Waals surface area contributed by atoms with Gasteiger partial charge in [-0.2, -0.15) is 10.4 Å². The van der Waals surface area contributed by atoms with Crippen LogP contribution in [0.4, 0.5) is 0 Å². The lowest BCUT2D eigenvalue weighted by Crippen LogP contribution is -2.44. The summed E-state index contributed by atoms with van der Waals surface area (Å²) in [4.78, 5) is 51.5. The van der Waals surface area contributed by atoms with Crippen LogP contribution < -0.4 is 5.32 Å². The number of pyridine rings is 1. The number of rotatable bonds is 8. The van der Waals surface area contributed by atoms with Crippen LogP contribution in [0.25, 0.3) is 5.69 Å². The minimum absolute atomic E-state index is 0.0756. The molecule has 45 heavy (non-hydrogen) atoms. The van der Waals surface area contributed by atoms with Crippen molar-refractivity contribution in [1.29, 1.82) is 5.26 Å². The third-order valence-corrected chi connectivity index (χ3v) is 8.64. The van der Waals surface area contributed by atoms with Gasteiger partial charge in [0.25, 0.3) is 11.8 Å². The molecule has 2 saturated heterocycles. The summed E-state index contributed by atoms with van der Waals surface area (Å²) in [6, 6.07) is 20.4. The predicted molar refractivity (Wildman–Crippen MR) is 165 cm³/mol. The van der Waals surface area contributed by atoms with Gasteiger partial charge >= 0.3 is 0 Å². The molecule has 0 aliphatic carbocycles. The molecule has 11 nitrogen and oxygen atoms in total. The van der Waals surface area contributed by atoms with E-state index in [9.17, 15) is 14.4 Å². The van der Waals surface area contributed by atoms with Crippen LogP contribution in [-0.4, -0.2) is 79.4 Å². The first-order valence-electron chi connectivity index (χ1n) is 15.2. The number of likely N-dealkylation sites (tertiary alicyclic amines) is 2. The first kappa shape index (κ1) is 29.8. The number of carbonyl (C=O) groups excluding carboxylic acids is 3. The number of benzene rings is 2. The molecule has 2 fully saturated rings. The summed E-state index contributed by atoms with van der Waals surface area (Å²) in [5.41, 5.74) is 4.01. The summed E-state index contributed by atoms with van der Waals surface area (Å²) < 4.78 is 1.64. The number of aromatic nitrogens is 4. The summed E-state index contributed by atoms with van der Waals surface area (Å²) in [6.07, 6.45) is 7.39. The van der Waals surface area contributed by atoms with Crippen molar-refractivity contribution in [3.8, 4) is 11.8 Å². The highest BCUT2D eigenvalue weighted by Crippen LogP contribution is 2.24. The molecule has 4 aromatic rings. The zero-order valence-electron chi connectivity index (χ0n) is 24.9. The van der Waals surface area contributed by atoms with Crippen LogP contribution in [0, 0.1) is 17.2 Å². The standard InChI is InChI=1S/C34H34N8O3/c35-19-24-1-3-25(4-2-24)21-40-15-13-29(14-16-40)39-33(44)28-7-10-31(37-20-28)34(45)41-17-11-27(12-18-41)32(43)26-5-8-30(9-6-26)42-23-36-22-38-42/h1-10,20,22-23,27,29H,11-18,21H2,(H,39,44). The molecule has 2 aliphatic rings. The topological polar surface area (TPSA) is 137 Å². The van der Waals surface area contributed by atoms with Crippen molar-refractivity contribution < 1.29 is 14.4 Å². The number of carbonyl (C=O) groups is 3. The second-order valence-electron chi connectivity index (χ2n) is 11.6. The lowest BCUT2D eigenvalue weighted by atomic mass is 9.88. The van der Waals surface area contributed by atoms with Gasteiger partial charge in [-0.15, -0.1) is 0 Å². The molecule has 228 valence electrons. The molecule has 0 unspecified atom stereocenters. The monoisotopic (exact) mass is 602 g/mol. The van der Waals surface area contributed by atoms with Gasteiger partial charge in [0.1, 0.15) is 18.3 Å². The number of piperidine rings is 2. The van der Waals surface area contributed by atoms with Gasteiger partial charge in [-0.25, -0.2) is 9.67 Å². The van der Waals surface area contributed by atoms with Crippen LogP contribution in [0.1, 0.15) is 68.0 Å². The van der Waals surface area contributed by atoms with Crippen molar-refractivity contribution in [1.82, 2.24) is 34.9 Å². The quantitative estimate of drug-likeness (QED) is 0.302. The van der Waals surface area contributed by atoms with E-state index in [0.717, 1.165) is 38.2 Å². The van der Waals surface area contributed by atoms with Crippen LogP contribution in [-0.2, 0) is 6.54 Å². The van der Waals surface area contributed by atoms with E-state index in [1.54, 1.807) is 40.2 Å². The van der Waals surface area contributed by atoms with Crippen molar-refractivity contribution in [2.45, 2.75) is 38.3 Å². The van der Waals surface area contributed by atoms with Crippen LogP contribution >= 0.6 is 0 Å². The summed E-state index contributed by atoms with van der Waals surface area (Å²) in [7, 11) is 0. The number of nitriles is 1. The van der Waals surface area contributed by atoms with Crippen molar-refractivity contribution in [3.05, 3.63) is 107 Å². The highest BCUT2D eigenvalue weighted by atomic mass is 16.2. The second-order valence-corrected chi connectivity index (χ2v) is 11.6. The molecule has 0 bridgehead atoms. The molecule has 2 aromatic carbocycles. The van der Waals surface area contributed by atoms with E-state index >= 15 is 0 Å². The smallest absolute Gasteiger partial charge is 0.272 e. The van der Waals surface area contributed by atoms with E-state index in [-0.39, 0.29) is 35.3 Å². The Bertz CT molecular complexity index is 1660. The molecule has 11 heteroatoms. The number of nitrogens with zero attached hydrogens (tertiary/aromatic N) is 7. The van der Waals surface area contributed by atoms with E-state index in [0.29, 0.717) is 42.6 Å². The van der Waals surface area contributed by atoms with Gasteiger partial charge in [-0.1, -0.05) is 12.1 Å². The molecule has 2 aliphatic heterocycles. The Balaban J connectivity index is 0.947. The fourth-order valence-corrected chi connectivity index (χ4v) is 5.96. The minimum atomic E-state index is -0.195. The number of hydrogen-bond donors (Lipinski definition) is 1. The maximum atomic E-state index is 13.1. The lowest BCUT2D eigenvalue weighted by molar-refractivity contribution is 0.0645. The Hall–Kier alpha value is -5.21. The normalized spacial score (nSPS) is 16.2. The van der Waals surface area contributed by atoms with Crippen LogP contribution in [0.2, 0.25) is 0 Å². The molecule has 2 aromatic heterocycles. The fraction of sp³-hybridized carbons (Fsp3) is 0.324. The maximum absolute atomic E-state index is 13.1. The van der Waals surface area contributed by atoms with Gasteiger partial charge in [0.15, 0.2) is 5.78 Å². The van der Waals surface area contributed by atoms with Crippen LogP contribution in [0.5, 0.6) is 0 Å². The third-order valence-electron chi connectivity index (χ3n) is 8.64. The first-order valence-corrected chi connectivity index (χ1v) is 15.2. The van der Waals surface area contributed by atoms with Crippen LogP contribution in [0.3, 0.4) is 0 Å². The number of hydrogen-bond acceptors (Lipinski definition) is 8. The summed E-state index contributed by atoms with van der Waals surface area (Å²) in [6.45, 7) is 3.50. The molecule has 0 radical (unpaired) electrons. The molecular weight excluding hydrogens is 568 g/mol. The van der Waals surface area contributed by atoms with Crippen molar-refractivity contribution >= 4 is 17.6 Å². The fourth-order valence-electron chi connectivity index (χ4n) is 5.96. The minimum Gasteiger partial charge on any atom is -0.349 e. The zero-order valence-corrected chi connectivity index (χ0v) is 24.9. The Morgan fingerprint density at radius 3 is 2.20 bits per heavy atom. The average molecular weight is 603 g/mol. The molecule has 0 saturated carbocycles. The summed E-state index contributed by atoms with van der Waals surface area (Å²) >= 11 is 0. The SMILES string of the molecule is N#Cc1ccc(CN2CCC(NC(=O)c3ccc(C(=O)N4CCC(C(=O)c5ccc(-n6cncn6)cc5)CC4)nc3)CC2)cc1. The van der Waals surface area contributed by atoms with Crippen molar-refractivity contribution in [2.24, 2.45) is 5.92 Å². The average Bonchev–Trinajstić information content (AvgIpc) is 3.64. The van der Waals surface area contributed by atoms with E-state index in [2.05, 4.69) is 31.4 Å². The van der Waals surface area contributed by atoms with Gasteiger partial charge < -0.3 is 10.2 Å². The summed E-state index contributed by atoms with van der Waals surface area (Å²) in [5.74, 6) is -0.453. The molecule has 4 heterocycles. The Kier molecular flexibility index (Phi) is 9.03. The first-order chi connectivity index (χ1) is 22.0. The molecule has 6 rings (SSSR count). The molecule has 2 amide bonds. The predicted octanol–water partition coefficient (Wildman–Crippen LogP) is 3.66. The van der Waals surface area contributed by atoms with E-state index in [1.165, 1.54) is 18.1 Å². The van der Waals surface area contributed by atoms with Gasteiger partial charge in [-0.05, 0) is 79.8 Å². The summed E-state index contributed by atoms with van der Waals surface area (Å²) in [5, 5.41) is 16.2.